The van der Waals surface area contributed by atoms with Gasteiger partial charge in [0.1, 0.15) is 6.33 Å². The molecule has 0 amide bonds. The Morgan fingerprint density at radius 2 is 2.20 bits per heavy atom. The molecule has 2 aliphatic rings. The van der Waals surface area contributed by atoms with Gasteiger partial charge in [-0.25, -0.2) is 9.97 Å². The van der Waals surface area contributed by atoms with Crippen LogP contribution in [0.4, 0.5) is 0 Å². The predicted octanol–water partition coefficient (Wildman–Crippen LogP) is 1.14. The number of aromatic nitrogens is 2. The number of hydrogen-bond acceptors (Lipinski definition) is 7. The molecule has 1 N–H and O–H groups in total. The minimum Gasteiger partial charge on any atom is -0.454 e. The zero-order valence-electron chi connectivity index (χ0n) is 13.9. The standard InChI is InChI=1S/C18H21N3O4/c22-15(7-21-4-3-14-6-19-11-20-16(14)8-21)10-23-9-13-1-2-17-18(5-13)25-12-24-17/h1-2,5-6,11,15,22H,3-4,7-10,12H2. The largest absolute Gasteiger partial charge is 0.454 e. The van der Waals surface area contributed by atoms with Crippen LogP contribution in [-0.4, -0.2) is 52.6 Å². The van der Waals surface area contributed by atoms with Crippen molar-refractivity contribution in [3.05, 3.63) is 47.5 Å². The van der Waals surface area contributed by atoms with E-state index in [1.54, 1.807) is 6.33 Å². The summed E-state index contributed by atoms with van der Waals surface area (Å²) < 4.78 is 16.3. The first-order valence-corrected chi connectivity index (χ1v) is 8.42. The first-order chi connectivity index (χ1) is 12.3. The lowest BCUT2D eigenvalue weighted by atomic mass is 10.1. The normalized spacial score (nSPS) is 17.3. The number of benzene rings is 1. The number of ether oxygens (including phenoxy) is 3. The van der Waals surface area contributed by atoms with Crippen LogP contribution in [-0.2, 0) is 24.3 Å². The molecule has 0 saturated carbocycles. The van der Waals surface area contributed by atoms with Gasteiger partial charge in [-0.15, -0.1) is 0 Å². The molecule has 7 heteroatoms. The molecule has 7 nitrogen and oxygen atoms in total. The smallest absolute Gasteiger partial charge is 0.231 e. The lowest BCUT2D eigenvalue weighted by Crippen LogP contribution is -2.38. The molecule has 132 valence electrons. The number of nitrogens with zero attached hydrogens (tertiary/aromatic N) is 3. The van der Waals surface area contributed by atoms with Crippen LogP contribution in [0.25, 0.3) is 0 Å². The minimum atomic E-state index is -0.530. The predicted molar refractivity (Wildman–Crippen MR) is 89.2 cm³/mol. The summed E-state index contributed by atoms with van der Waals surface area (Å²) in [6, 6.07) is 5.74. The molecule has 0 aliphatic carbocycles. The Bertz CT molecular complexity index is 740. The van der Waals surface area contributed by atoms with E-state index in [2.05, 4.69) is 14.9 Å². The molecule has 4 rings (SSSR count). The molecule has 1 aromatic carbocycles. The maximum atomic E-state index is 10.2. The molecule has 2 aromatic rings. The average Bonchev–Trinajstić information content (AvgIpc) is 3.09. The van der Waals surface area contributed by atoms with Crippen LogP contribution >= 0.6 is 0 Å². The first-order valence-electron chi connectivity index (χ1n) is 8.42. The van der Waals surface area contributed by atoms with Crippen molar-refractivity contribution in [2.75, 3.05) is 26.5 Å². The molecule has 1 unspecified atom stereocenters. The van der Waals surface area contributed by atoms with Crippen molar-refractivity contribution in [3.63, 3.8) is 0 Å². The highest BCUT2D eigenvalue weighted by Crippen LogP contribution is 2.32. The van der Waals surface area contributed by atoms with E-state index in [0.717, 1.165) is 42.3 Å². The van der Waals surface area contributed by atoms with Gasteiger partial charge in [-0.3, -0.25) is 4.90 Å². The monoisotopic (exact) mass is 343 g/mol. The maximum absolute atomic E-state index is 10.2. The van der Waals surface area contributed by atoms with Crippen molar-refractivity contribution in [1.29, 1.82) is 0 Å². The molecule has 0 fully saturated rings. The van der Waals surface area contributed by atoms with E-state index in [1.165, 1.54) is 5.56 Å². The molecule has 25 heavy (non-hydrogen) atoms. The van der Waals surface area contributed by atoms with Crippen LogP contribution in [0, 0.1) is 0 Å². The van der Waals surface area contributed by atoms with Crippen LogP contribution in [0.3, 0.4) is 0 Å². The van der Waals surface area contributed by atoms with Gasteiger partial charge in [-0.1, -0.05) is 6.07 Å². The quantitative estimate of drug-likeness (QED) is 0.843. The van der Waals surface area contributed by atoms with Crippen LogP contribution in [0.15, 0.2) is 30.7 Å². The summed E-state index contributed by atoms with van der Waals surface area (Å²) in [5.41, 5.74) is 3.25. The highest BCUT2D eigenvalue weighted by molar-refractivity contribution is 5.44. The highest BCUT2D eigenvalue weighted by atomic mass is 16.7. The zero-order valence-corrected chi connectivity index (χ0v) is 13.9. The second-order valence-corrected chi connectivity index (χ2v) is 6.34. The Kier molecular flexibility index (Phi) is 4.78. The zero-order chi connectivity index (χ0) is 17.1. The summed E-state index contributed by atoms with van der Waals surface area (Å²) >= 11 is 0. The van der Waals surface area contributed by atoms with Gasteiger partial charge < -0.3 is 19.3 Å². The molecular formula is C18H21N3O4. The SMILES string of the molecule is OC(COCc1ccc2c(c1)OCO2)CN1CCc2cncnc2C1. The summed E-state index contributed by atoms with van der Waals surface area (Å²) in [6.07, 6.45) is 3.84. The van der Waals surface area contributed by atoms with Crippen molar-refractivity contribution in [3.8, 4) is 11.5 Å². The fourth-order valence-corrected chi connectivity index (χ4v) is 3.15. The second-order valence-electron chi connectivity index (χ2n) is 6.34. The summed E-state index contributed by atoms with van der Waals surface area (Å²) in [5.74, 6) is 1.51. The molecule has 2 aliphatic heterocycles. The van der Waals surface area contributed by atoms with E-state index in [1.807, 2.05) is 24.4 Å². The Balaban J connectivity index is 1.23. The second kappa shape index (κ2) is 7.35. The third kappa shape index (κ3) is 3.89. The minimum absolute atomic E-state index is 0.266. The average molecular weight is 343 g/mol. The fourth-order valence-electron chi connectivity index (χ4n) is 3.15. The van der Waals surface area contributed by atoms with E-state index in [0.29, 0.717) is 19.8 Å². The van der Waals surface area contributed by atoms with Gasteiger partial charge in [0, 0.05) is 25.8 Å². The van der Waals surface area contributed by atoms with Crippen LogP contribution < -0.4 is 9.47 Å². The van der Waals surface area contributed by atoms with Crippen molar-refractivity contribution >= 4 is 0 Å². The molecule has 1 aromatic heterocycles. The Labute approximate surface area is 146 Å². The number of β-amino-alcohol motifs (C(OH)–C–C–N with tert-alkyl or cyclic N) is 1. The van der Waals surface area contributed by atoms with E-state index >= 15 is 0 Å². The van der Waals surface area contributed by atoms with Gasteiger partial charge in [0.15, 0.2) is 11.5 Å². The van der Waals surface area contributed by atoms with Gasteiger partial charge in [0.05, 0.1) is 25.0 Å². The van der Waals surface area contributed by atoms with Crippen LogP contribution in [0.2, 0.25) is 0 Å². The third-order valence-corrected chi connectivity index (χ3v) is 4.44. The summed E-state index contributed by atoms with van der Waals surface area (Å²) in [7, 11) is 0. The van der Waals surface area contributed by atoms with Crippen LogP contribution in [0.5, 0.6) is 11.5 Å². The molecule has 1 atom stereocenters. The lowest BCUT2D eigenvalue weighted by Gasteiger charge is -2.29. The number of hydrogen-bond donors (Lipinski definition) is 1. The van der Waals surface area contributed by atoms with E-state index in [4.69, 9.17) is 14.2 Å². The number of aliphatic hydroxyl groups is 1. The number of rotatable bonds is 6. The first kappa shape index (κ1) is 16.3. The Hall–Kier alpha value is -2.22. The van der Waals surface area contributed by atoms with Gasteiger partial charge in [0.2, 0.25) is 6.79 Å². The Morgan fingerprint density at radius 1 is 1.28 bits per heavy atom. The topological polar surface area (TPSA) is 76.9 Å². The molecule has 0 spiro atoms. The summed E-state index contributed by atoms with van der Waals surface area (Å²) in [4.78, 5) is 10.6. The van der Waals surface area contributed by atoms with Gasteiger partial charge in [-0.05, 0) is 29.7 Å². The molecular weight excluding hydrogens is 322 g/mol. The molecule has 0 bridgehead atoms. The third-order valence-electron chi connectivity index (χ3n) is 4.44. The molecule has 3 heterocycles. The van der Waals surface area contributed by atoms with Crippen molar-refractivity contribution < 1.29 is 19.3 Å². The van der Waals surface area contributed by atoms with E-state index in [-0.39, 0.29) is 6.79 Å². The highest BCUT2D eigenvalue weighted by Gasteiger charge is 2.20. The summed E-state index contributed by atoms with van der Waals surface area (Å²) in [6.45, 7) is 3.22. The Morgan fingerprint density at radius 3 is 3.16 bits per heavy atom. The van der Waals surface area contributed by atoms with Crippen molar-refractivity contribution in [2.24, 2.45) is 0 Å². The van der Waals surface area contributed by atoms with Gasteiger partial charge >= 0.3 is 0 Å². The van der Waals surface area contributed by atoms with Gasteiger partial charge in [-0.2, -0.15) is 0 Å². The van der Waals surface area contributed by atoms with Crippen LogP contribution in [0.1, 0.15) is 16.8 Å². The number of aliphatic hydroxyl groups excluding tert-OH is 1. The summed E-state index contributed by atoms with van der Waals surface area (Å²) in [5, 5.41) is 10.2. The van der Waals surface area contributed by atoms with Gasteiger partial charge in [0.25, 0.3) is 0 Å². The maximum Gasteiger partial charge on any atom is 0.231 e. The van der Waals surface area contributed by atoms with Crippen molar-refractivity contribution in [2.45, 2.75) is 25.7 Å². The van der Waals surface area contributed by atoms with E-state index < -0.39 is 6.10 Å². The number of fused-ring (bicyclic) bond motifs is 2. The molecule has 0 saturated heterocycles. The fraction of sp³-hybridized carbons (Fsp3) is 0.444. The van der Waals surface area contributed by atoms with Crippen molar-refractivity contribution in [1.82, 2.24) is 14.9 Å². The lowest BCUT2D eigenvalue weighted by molar-refractivity contribution is 0.00746. The molecule has 0 radical (unpaired) electrons. The van der Waals surface area contributed by atoms with E-state index in [9.17, 15) is 5.11 Å².